The molecule has 5 N–H and O–H groups in total. The average Bonchev–Trinajstić information content (AvgIpc) is 2.08. The predicted molar refractivity (Wildman–Crippen MR) is 39.2 cm³/mol. The lowest BCUT2D eigenvalue weighted by molar-refractivity contribution is -0.0948. The molecule has 0 unspecified atom stereocenters. The van der Waals surface area contributed by atoms with Gasteiger partial charge in [-0.05, 0) is 11.6 Å². The molecule has 70 valence electrons. The fourth-order valence-electron chi connectivity index (χ4n) is 1.17. The molecule has 1 aliphatic carbocycles. The van der Waals surface area contributed by atoms with Crippen LogP contribution in [0.2, 0.25) is 0 Å². The van der Waals surface area contributed by atoms with Crippen molar-refractivity contribution in [1.82, 2.24) is 0 Å². The first kappa shape index (κ1) is 9.63. The molecule has 5 nitrogen and oxygen atoms in total. The highest BCUT2D eigenvalue weighted by Gasteiger charge is 2.35. The summed E-state index contributed by atoms with van der Waals surface area (Å²) in [6, 6.07) is 0. The summed E-state index contributed by atoms with van der Waals surface area (Å²) < 4.78 is 0. The van der Waals surface area contributed by atoms with Crippen molar-refractivity contribution in [2.24, 2.45) is 0 Å². The topological polar surface area (TPSA) is 101 Å². The van der Waals surface area contributed by atoms with E-state index in [2.05, 4.69) is 0 Å². The first-order chi connectivity index (χ1) is 5.57. The van der Waals surface area contributed by atoms with Gasteiger partial charge in [0.15, 0.2) is 0 Å². The standard InChI is InChI=1S/C7H12O5/c8-2-3-1-4(9)6(11)7(12)5(3)10/h1,4-12H,2H2/t4-,5+,6+,7+/m1/s1. The van der Waals surface area contributed by atoms with Gasteiger partial charge in [-0.3, -0.25) is 0 Å². The zero-order valence-electron chi connectivity index (χ0n) is 6.33. The molecule has 0 aromatic heterocycles. The maximum atomic E-state index is 9.18. The van der Waals surface area contributed by atoms with Crippen molar-refractivity contribution < 1.29 is 25.5 Å². The summed E-state index contributed by atoms with van der Waals surface area (Å²) in [5.74, 6) is 0. The normalized spacial score (nSPS) is 42.6. The molecule has 0 fully saturated rings. The molecule has 0 radical (unpaired) electrons. The van der Waals surface area contributed by atoms with E-state index in [1.807, 2.05) is 0 Å². The van der Waals surface area contributed by atoms with Crippen molar-refractivity contribution in [3.8, 4) is 0 Å². The Kier molecular flexibility index (Phi) is 2.81. The van der Waals surface area contributed by atoms with E-state index < -0.39 is 31.0 Å². The van der Waals surface area contributed by atoms with E-state index in [-0.39, 0.29) is 5.57 Å². The van der Waals surface area contributed by atoms with Gasteiger partial charge in [0.05, 0.1) is 6.61 Å². The largest absolute Gasteiger partial charge is 0.392 e. The number of hydrogen-bond acceptors (Lipinski definition) is 5. The van der Waals surface area contributed by atoms with Gasteiger partial charge in [0.25, 0.3) is 0 Å². The van der Waals surface area contributed by atoms with E-state index in [1.165, 1.54) is 0 Å². The van der Waals surface area contributed by atoms with Crippen LogP contribution in [0.1, 0.15) is 0 Å². The van der Waals surface area contributed by atoms with E-state index in [9.17, 15) is 5.11 Å². The summed E-state index contributed by atoms with van der Waals surface area (Å²) in [5.41, 5.74) is 0.125. The Labute approximate surface area is 69.2 Å². The third-order valence-electron chi connectivity index (χ3n) is 1.97. The van der Waals surface area contributed by atoms with Crippen LogP contribution < -0.4 is 0 Å². The van der Waals surface area contributed by atoms with Crippen LogP contribution >= 0.6 is 0 Å². The summed E-state index contributed by atoms with van der Waals surface area (Å²) in [6.45, 7) is -0.442. The molecule has 0 aromatic rings. The molecule has 0 saturated heterocycles. The molecule has 0 spiro atoms. The van der Waals surface area contributed by atoms with E-state index >= 15 is 0 Å². The highest BCUT2D eigenvalue weighted by molar-refractivity contribution is 5.19. The maximum Gasteiger partial charge on any atom is 0.112 e. The molecule has 1 aliphatic rings. The van der Waals surface area contributed by atoms with Crippen molar-refractivity contribution in [3.05, 3.63) is 11.6 Å². The van der Waals surface area contributed by atoms with Gasteiger partial charge in [-0.1, -0.05) is 0 Å². The summed E-state index contributed by atoms with van der Waals surface area (Å²) >= 11 is 0. The minimum atomic E-state index is -1.44. The lowest BCUT2D eigenvalue weighted by Crippen LogP contribution is -2.48. The van der Waals surface area contributed by atoms with E-state index in [1.54, 1.807) is 0 Å². The Morgan fingerprint density at radius 2 is 1.67 bits per heavy atom. The predicted octanol–water partition coefficient (Wildman–Crippen LogP) is -2.64. The van der Waals surface area contributed by atoms with E-state index in [4.69, 9.17) is 20.4 Å². The van der Waals surface area contributed by atoms with Gasteiger partial charge >= 0.3 is 0 Å². The quantitative estimate of drug-likeness (QED) is 0.281. The number of hydrogen-bond donors (Lipinski definition) is 5. The maximum absolute atomic E-state index is 9.18. The smallest absolute Gasteiger partial charge is 0.112 e. The highest BCUT2D eigenvalue weighted by atomic mass is 16.4. The fourth-order valence-corrected chi connectivity index (χ4v) is 1.17. The zero-order chi connectivity index (χ0) is 9.30. The molecule has 4 atom stereocenters. The first-order valence-corrected chi connectivity index (χ1v) is 3.61. The molecule has 0 amide bonds. The molecule has 1 rings (SSSR count). The van der Waals surface area contributed by atoms with Crippen LogP contribution in [-0.2, 0) is 0 Å². The van der Waals surface area contributed by atoms with Gasteiger partial charge in [0.2, 0.25) is 0 Å². The second-order valence-corrected chi connectivity index (χ2v) is 2.82. The zero-order valence-corrected chi connectivity index (χ0v) is 6.33. The van der Waals surface area contributed by atoms with Gasteiger partial charge < -0.3 is 25.5 Å². The lowest BCUT2D eigenvalue weighted by Gasteiger charge is -2.31. The van der Waals surface area contributed by atoms with Crippen LogP contribution in [0, 0.1) is 0 Å². The van der Waals surface area contributed by atoms with Crippen molar-refractivity contribution in [3.63, 3.8) is 0 Å². The summed E-state index contributed by atoms with van der Waals surface area (Å²) in [7, 11) is 0. The van der Waals surface area contributed by atoms with Crippen LogP contribution in [-0.4, -0.2) is 56.6 Å². The van der Waals surface area contributed by atoms with Crippen LogP contribution in [0.5, 0.6) is 0 Å². The van der Waals surface area contributed by atoms with E-state index in [0.717, 1.165) is 6.08 Å². The van der Waals surface area contributed by atoms with Crippen LogP contribution in [0.3, 0.4) is 0 Å². The molecule has 0 aromatic carbocycles. The van der Waals surface area contributed by atoms with Crippen molar-refractivity contribution in [2.75, 3.05) is 6.61 Å². The lowest BCUT2D eigenvalue weighted by atomic mass is 9.90. The van der Waals surface area contributed by atoms with Gasteiger partial charge in [0.1, 0.15) is 24.4 Å². The number of aliphatic hydroxyl groups excluding tert-OH is 5. The molecular weight excluding hydrogens is 164 g/mol. The molecule has 12 heavy (non-hydrogen) atoms. The van der Waals surface area contributed by atoms with Crippen LogP contribution in [0.4, 0.5) is 0 Å². The molecule has 0 aliphatic heterocycles. The Morgan fingerprint density at radius 1 is 1.08 bits per heavy atom. The van der Waals surface area contributed by atoms with Crippen LogP contribution in [0.15, 0.2) is 11.6 Å². The first-order valence-electron chi connectivity index (χ1n) is 3.61. The minimum Gasteiger partial charge on any atom is -0.392 e. The fraction of sp³-hybridized carbons (Fsp3) is 0.714. The molecular formula is C7H12O5. The Hall–Kier alpha value is -0.460. The summed E-state index contributed by atoms with van der Waals surface area (Å²) in [5, 5.41) is 45.0. The minimum absolute atomic E-state index is 0.125. The molecule has 0 bridgehead atoms. The van der Waals surface area contributed by atoms with E-state index in [0.29, 0.717) is 0 Å². The third-order valence-corrected chi connectivity index (χ3v) is 1.97. The summed E-state index contributed by atoms with van der Waals surface area (Å²) in [6.07, 6.45) is -4.22. The summed E-state index contributed by atoms with van der Waals surface area (Å²) in [4.78, 5) is 0. The Balaban J connectivity index is 2.84. The average molecular weight is 176 g/mol. The Bertz CT molecular complexity index is 190. The second kappa shape index (κ2) is 3.51. The van der Waals surface area contributed by atoms with Crippen molar-refractivity contribution >= 4 is 0 Å². The van der Waals surface area contributed by atoms with Crippen molar-refractivity contribution in [1.29, 1.82) is 0 Å². The molecule has 5 heteroatoms. The number of rotatable bonds is 1. The molecule has 0 heterocycles. The monoisotopic (exact) mass is 176 g/mol. The van der Waals surface area contributed by atoms with Crippen LogP contribution in [0.25, 0.3) is 0 Å². The van der Waals surface area contributed by atoms with Gasteiger partial charge in [-0.2, -0.15) is 0 Å². The Morgan fingerprint density at radius 3 is 2.17 bits per heavy atom. The second-order valence-electron chi connectivity index (χ2n) is 2.82. The van der Waals surface area contributed by atoms with Crippen molar-refractivity contribution in [2.45, 2.75) is 24.4 Å². The highest BCUT2D eigenvalue weighted by Crippen LogP contribution is 2.19. The van der Waals surface area contributed by atoms with Gasteiger partial charge in [-0.25, -0.2) is 0 Å². The van der Waals surface area contributed by atoms with Gasteiger partial charge in [0, 0.05) is 0 Å². The molecule has 0 saturated carbocycles. The number of aliphatic hydroxyl groups is 5. The van der Waals surface area contributed by atoms with Gasteiger partial charge in [-0.15, -0.1) is 0 Å². The third kappa shape index (κ3) is 1.50. The SMILES string of the molecule is OCC1=C[C@@H](O)[C@H](O)[C@@H](O)[C@H]1O.